The number of hydrogen-bond acceptors (Lipinski definition) is 7. The number of fused-ring (bicyclic) bond motifs is 1. The second-order valence-electron chi connectivity index (χ2n) is 5.09. The number of benzene rings is 1. The van der Waals surface area contributed by atoms with E-state index in [-0.39, 0.29) is 29.5 Å². The topological polar surface area (TPSA) is 100 Å². The summed E-state index contributed by atoms with van der Waals surface area (Å²) in [5.41, 5.74) is 0.160. The van der Waals surface area contributed by atoms with Crippen molar-refractivity contribution in [2.24, 2.45) is 0 Å². The van der Waals surface area contributed by atoms with Crippen LogP contribution in [0.25, 0.3) is 0 Å². The van der Waals surface area contributed by atoms with Gasteiger partial charge >= 0.3 is 11.9 Å². The summed E-state index contributed by atoms with van der Waals surface area (Å²) < 4.78 is 20.2. The summed E-state index contributed by atoms with van der Waals surface area (Å²) in [4.78, 5) is 34.6. The van der Waals surface area contributed by atoms with E-state index in [0.717, 1.165) is 0 Å². The van der Waals surface area contributed by atoms with Crippen LogP contribution in [-0.4, -0.2) is 51.3 Å². The Morgan fingerprint density at radius 2 is 2.00 bits per heavy atom. The van der Waals surface area contributed by atoms with Crippen LogP contribution in [0.4, 0.5) is 0 Å². The van der Waals surface area contributed by atoms with Gasteiger partial charge in [-0.2, -0.15) is 0 Å². The Balaban J connectivity index is 1.79. The summed E-state index contributed by atoms with van der Waals surface area (Å²) in [6, 6.07) is 2.85. The van der Waals surface area contributed by atoms with E-state index in [9.17, 15) is 14.4 Å². The lowest BCUT2D eigenvalue weighted by Gasteiger charge is -2.19. The van der Waals surface area contributed by atoms with Crippen molar-refractivity contribution < 1.29 is 33.3 Å². The predicted molar refractivity (Wildman–Crippen MR) is 87.0 cm³/mol. The molecule has 25 heavy (non-hydrogen) atoms. The number of carbonyl (C=O) groups excluding carboxylic acids is 3. The fourth-order valence-corrected chi connectivity index (χ4v) is 2.32. The van der Waals surface area contributed by atoms with E-state index in [2.05, 4.69) is 10.1 Å². The zero-order chi connectivity index (χ0) is 18.2. The predicted octanol–water partition coefficient (Wildman–Crippen LogP) is 1.34. The molecule has 0 saturated heterocycles. The number of methoxy groups -OCH3 is 1. The molecule has 1 aliphatic rings. The number of carbonyl (C=O) groups is 3. The van der Waals surface area contributed by atoms with E-state index in [1.165, 1.54) is 19.2 Å². The van der Waals surface area contributed by atoms with Gasteiger partial charge in [-0.05, 0) is 18.6 Å². The van der Waals surface area contributed by atoms with Crippen molar-refractivity contribution >= 4 is 29.4 Å². The van der Waals surface area contributed by atoms with Crippen LogP contribution in [0.1, 0.15) is 23.2 Å². The van der Waals surface area contributed by atoms with Crippen LogP contribution in [-0.2, 0) is 19.1 Å². The normalized spacial score (nSPS) is 12.2. The number of hydrogen-bond donors (Lipinski definition) is 1. The van der Waals surface area contributed by atoms with Crippen LogP contribution < -0.4 is 14.8 Å². The number of nitrogens with one attached hydrogen (secondary N) is 1. The molecule has 1 amide bonds. The lowest BCUT2D eigenvalue weighted by atomic mass is 10.2. The number of ether oxygens (including phenoxy) is 4. The van der Waals surface area contributed by atoms with Crippen molar-refractivity contribution in [3.63, 3.8) is 0 Å². The van der Waals surface area contributed by atoms with Crippen LogP contribution in [0.15, 0.2) is 12.1 Å². The number of halogens is 1. The van der Waals surface area contributed by atoms with Gasteiger partial charge in [0.2, 0.25) is 0 Å². The highest BCUT2D eigenvalue weighted by Gasteiger charge is 2.20. The SMILES string of the molecule is COC(=O)CCCNC(=O)COC(=O)c1cc(Cl)c2c(c1)OCCO2. The van der Waals surface area contributed by atoms with Crippen molar-refractivity contribution in [3.8, 4) is 11.5 Å². The number of rotatable bonds is 7. The molecule has 0 atom stereocenters. The lowest BCUT2D eigenvalue weighted by molar-refractivity contribution is -0.140. The first-order chi connectivity index (χ1) is 12.0. The molecule has 1 heterocycles. The number of esters is 2. The van der Waals surface area contributed by atoms with Gasteiger partial charge in [0.15, 0.2) is 18.1 Å². The van der Waals surface area contributed by atoms with E-state index >= 15 is 0 Å². The fourth-order valence-electron chi connectivity index (χ4n) is 2.06. The van der Waals surface area contributed by atoms with Gasteiger partial charge < -0.3 is 24.3 Å². The first-order valence-corrected chi connectivity index (χ1v) is 7.99. The average molecular weight is 372 g/mol. The Hall–Kier alpha value is -2.48. The van der Waals surface area contributed by atoms with Gasteiger partial charge in [-0.1, -0.05) is 11.6 Å². The Morgan fingerprint density at radius 3 is 2.76 bits per heavy atom. The molecule has 0 aromatic heterocycles. The molecule has 0 bridgehead atoms. The molecule has 0 aliphatic carbocycles. The van der Waals surface area contributed by atoms with Crippen LogP contribution in [0.2, 0.25) is 5.02 Å². The van der Waals surface area contributed by atoms with Gasteiger partial charge in [-0.15, -0.1) is 0 Å². The first-order valence-electron chi connectivity index (χ1n) is 7.61. The van der Waals surface area contributed by atoms with Crippen molar-refractivity contribution in [1.29, 1.82) is 0 Å². The summed E-state index contributed by atoms with van der Waals surface area (Å²) in [6.45, 7) is 0.576. The van der Waals surface area contributed by atoms with E-state index in [1.807, 2.05) is 0 Å². The fraction of sp³-hybridized carbons (Fsp3) is 0.438. The lowest BCUT2D eigenvalue weighted by Crippen LogP contribution is -2.30. The Morgan fingerprint density at radius 1 is 1.24 bits per heavy atom. The third-order valence-electron chi connectivity index (χ3n) is 3.27. The molecular weight excluding hydrogens is 354 g/mol. The van der Waals surface area contributed by atoms with E-state index in [1.54, 1.807) is 0 Å². The molecule has 0 unspecified atom stereocenters. The first kappa shape index (κ1) is 18.9. The second kappa shape index (κ2) is 9.12. The molecule has 1 aromatic rings. The third kappa shape index (κ3) is 5.53. The Labute approximate surface area is 149 Å². The molecule has 1 aliphatic heterocycles. The maximum Gasteiger partial charge on any atom is 0.338 e. The maximum absolute atomic E-state index is 12.0. The maximum atomic E-state index is 12.0. The Kier molecular flexibility index (Phi) is 6.88. The minimum atomic E-state index is -0.705. The van der Waals surface area contributed by atoms with Crippen LogP contribution in [0, 0.1) is 0 Å². The van der Waals surface area contributed by atoms with Gasteiger partial charge in [-0.25, -0.2) is 4.79 Å². The van der Waals surface area contributed by atoms with Crippen molar-refractivity contribution in [2.75, 3.05) is 33.5 Å². The van der Waals surface area contributed by atoms with Gasteiger partial charge in [-0.3, -0.25) is 9.59 Å². The van der Waals surface area contributed by atoms with Gasteiger partial charge in [0, 0.05) is 13.0 Å². The van der Waals surface area contributed by atoms with E-state index in [4.69, 9.17) is 25.8 Å². The average Bonchev–Trinajstić information content (AvgIpc) is 2.62. The van der Waals surface area contributed by atoms with E-state index in [0.29, 0.717) is 31.1 Å². The largest absolute Gasteiger partial charge is 0.486 e. The zero-order valence-corrected chi connectivity index (χ0v) is 14.4. The standard InChI is InChI=1S/C16H18ClNO7/c1-22-14(20)3-2-4-18-13(19)9-25-16(21)10-7-11(17)15-12(8-10)23-5-6-24-15/h7-8H,2-6,9H2,1H3,(H,18,19). The molecule has 2 rings (SSSR count). The highest BCUT2D eigenvalue weighted by atomic mass is 35.5. The second-order valence-corrected chi connectivity index (χ2v) is 5.50. The Bertz CT molecular complexity index is 662. The summed E-state index contributed by atoms with van der Waals surface area (Å²) in [7, 11) is 1.30. The summed E-state index contributed by atoms with van der Waals surface area (Å²) in [5.74, 6) is -0.785. The molecule has 8 nitrogen and oxygen atoms in total. The van der Waals surface area contributed by atoms with Crippen molar-refractivity contribution in [3.05, 3.63) is 22.7 Å². The molecule has 136 valence electrons. The molecule has 9 heteroatoms. The highest BCUT2D eigenvalue weighted by Crippen LogP contribution is 2.38. The van der Waals surface area contributed by atoms with Crippen molar-refractivity contribution in [1.82, 2.24) is 5.32 Å². The van der Waals surface area contributed by atoms with Crippen molar-refractivity contribution in [2.45, 2.75) is 12.8 Å². The molecular formula is C16H18ClNO7. The summed E-state index contributed by atoms with van der Waals surface area (Å²) in [5, 5.41) is 2.77. The highest BCUT2D eigenvalue weighted by molar-refractivity contribution is 6.32. The quantitative estimate of drug-likeness (QED) is 0.570. The van der Waals surface area contributed by atoms with E-state index < -0.39 is 18.5 Å². The zero-order valence-electron chi connectivity index (χ0n) is 13.6. The van der Waals surface area contributed by atoms with Crippen LogP contribution in [0.3, 0.4) is 0 Å². The van der Waals surface area contributed by atoms with Gasteiger partial charge in [0.05, 0.1) is 17.7 Å². The molecule has 0 radical (unpaired) electrons. The molecule has 0 spiro atoms. The van der Waals surface area contributed by atoms with Gasteiger partial charge in [0.25, 0.3) is 5.91 Å². The summed E-state index contributed by atoms with van der Waals surface area (Å²) in [6.07, 6.45) is 0.635. The monoisotopic (exact) mass is 371 g/mol. The number of amides is 1. The molecule has 0 saturated carbocycles. The minimum absolute atomic E-state index is 0.160. The van der Waals surface area contributed by atoms with Crippen LogP contribution >= 0.6 is 11.6 Å². The molecule has 1 N–H and O–H groups in total. The smallest absolute Gasteiger partial charge is 0.338 e. The van der Waals surface area contributed by atoms with Gasteiger partial charge in [0.1, 0.15) is 13.2 Å². The molecule has 1 aromatic carbocycles. The molecule has 0 fully saturated rings. The van der Waals surface area contributed by atoms with Crippen LogP contribution in [0.5, 0.6) is 11.5 Å². The third-order valence-corrected chi connectivity index (χ3v) is 3.56. The summed E-state index contributed by atoms with van der Waals surface area (Å²) >= 11 is 6.05. The minimum Gasteiger partial charge on any atom is -0.486 e.